The van der Waals surface area contributed by atoms with Crippen molar-refractivity contribution in [1.82, 2.24) is 14.9 Å². The standard InChI is InChI=1S/C19H29N3O8/c1-10(2)15(21-18(27)30-19(3,4)5)16(25)29-11-8-14(28-12(11)9-23)22-7-6-13(24)20-17(22)26/h6-7,10-12,14-15,23H,8-9H2,1-5H3,(H,21,27)(H,20,24,26)/t11?,12-,14-,15-/m1/s1. The summed E-state index contributed by atoms with van der Waals surface area (Å²) in [6.07, 6.45) is -1.95. The van der Waals surface area contributed by atoms with Gasteiger partial charge in [0.1, 0.15) is 30.1 Å². The first-order valence-corrected chi connectivity index (χ1v) is 9.69. The number of carbonyl (C=O) groups excluding carboxylic acids is 2. The van der Waals surface area contributed by atoms with Crippen LogP contribution < -0.4 is 16.6 Å². The van der Waals surface area contributed by atoms with Crippen LogP contribution in [-0.2, 0) is 19.0 Å². The number of aliphatic hydroxyl groups excluding tert-OH is 1. The number of rotatable bonds is 6. The van der Waals surface area contributed by atoms with Crippen LogP contribution in [0.2, 0.25) is 0 Å². The third kappa shape index (κ3) is 6.17. The van der Waals surface area contributed by atoms with E-state index in [0.717, 1.165) is 10.6 Å². The molecule has 1 amide bonds. The molecule has 2 rings (SSSR count). The maximum atomic E-state index is 12.7. The monoisotopic (exact) mass is 427 g/mol. The smallest absolute Gasteiger partial charge is 0.408 e. The van der Waals surface area contributed by atoms with Gasteiger partial charge in [-0.05, 0) is 26.7 Å². The van der Waals surface area contributed by atoms with Crippen LogP contribution in [0.5, 0.6) is 0 Å². The van der Waals surface area contributed by atoms with Gasteiger partial charge in [-0.3, -0.25) is 14.3 Å². The summed E-state index contributed by atoms with van der Waals surface area (Å²) in [6.45, 7) is 8.14. The third-order valence-corrected chi connectivity index (χ3v) is 4.38. The van der Waals surface area contributed by atoms with E-state index in [2.05, 4.69) is 10.3 Å². The van der Waals surface area contributed by atoms with Crippen LogP contribution in [0.1, 0.15) is 47.3 Å². The van der Waals surface area contributed by atoms with E-state index in [0.29, 0.717) is 0 Å². The number of hydrogen-bond donors (Lipinski definition) is 3. The molecule has 168 valence electrons. The highest BCUT2D eigenvalue weighted by molar-refractivity contribution is 5.81. The molecular weight excluding hydrogens is 398 g/mol. The van der Waals surface area contributed by atoms with Crippen molar-refractivity contribution in [2.75, 3.05) is 6.61 Å². The van der Waals surface area contributed by atoms with Gasteiger partial charge in [0.25, 0.3) is 5.56 Å². The summed E-state index contributed by atoms with van der Waals surface area (Å²) < 4.78 is 17.5. The molecule has 2 heterocycles. The zero-order valence-corrected chi connectivity index (χ0v) is 17.7. The summed E-state index contributed by atoms with van der Waals surface area (Å²) >= 11 is 0. The van der Waals surface area contributed by atoms with Gasteiger partial charge in [-0.25, -0.2) is 14.4 Å². The highest BCUT2D eigenvalue weighted by Crippen LogP contribution is 2.30. The normalized spacial score (nSPS) is 22.6. The summed E-state index contributed by atoms with van der Waals surface area (Å²) in [5.41, 5.74) is -1.96. The molecule has 0 radical (unpaired) electrons. The Balaban J connectivity index is 2.09. The average molecular weight is 427 g/mol. The number of alkyl carbamates (subject to hydrolysis) is 1. The van der Waals surface area contributed by atoms with Crippen molar-refractivity contribution < 1.29 is 28.9 Å². The van der Waals surface area contributed by atoms with Gasteiger partial charge in [0, 0.05) is 18.7 Å². The number of hydrogen-bond acceptors (Lipinski definition) is 8. The predicted octanol–water partition coefficient (Wildman–Crippen LogP) is 0.278. The summed E-state index contributed by atoms with van der Waals surface area (Å²) in [5.74, 6) is -1.00. The number of nitrogens with zero attached hydrogens (tertiary/aromatic N) is 1. The quantitative estimate of drug-likeness (QED) is 0.548. The number of aromatic nitrogens is 2. The Morgan fingerprint density at radius 3 is 2.57 bits per heavy atom. The second-order valence-electron chi connectivity index (χ2n) is 8.41. The molecule has 0 spiro atoms. The van der Waals surface area contributed by atoms with Crippen LogP contribution >= 0.6 is 0 Å². The Morgan fingerprint density at radius 1 is 1.37 bits per heavy atom. The first kappa shape index (κ1) is 23.6. The van der Waals surface area contributed by atoms with Gasteiger partial charge in [0.2, 0.25) is 0 Å². The molecule has 3 N–H and O–H groups in total. The zero-order valence-electron chi connectivity index (χ0n) is 17.7. The Morgan fingerprint density at radius 2 is 2.03 bits per heavy atom. The lowest BCUT2D eigenvalue weighted by Crippen LogP contribution is -2.48. The number of carbonyl (C=O) groups is 2. The fraction of sp³-hybridized carbons (Fsp3) is 0.684. The van der Waals surface area contributed by atoms with Gasteiger partial charge in [-0.1, -0.05) is 13.8 Å². The van der Waals surface area contributed by atoms with E-state index >= 15 is 0 Å². The molecule has 1 aromatic rings. The van der Waals surface area contributed by atoms with Crippen LogP contribution in [0.4, 0.5) is 4.79 Å². The molecule has 1 fully saturated rings. The second-order valence-corrected chi connectivity index (χ2v) is 8.41. The maximum Gasteiger partial charge on any atom is 0.408 e. The number of H-pyrrole nitrogens is 1. The van der Waals surface area contributed by atoms with Gasteiger partial charge in [0.15, 0.2) is 0 Å². The molecule has 11 heteroatoms. The van der Waals surface area contributed by atoms with Crippen molar-refractivity contribution in [2.45, 2.75) is 71.1 Å². The number of aromatic amines is 1. The highest BCUT2D eigenvalue weighted by atomic mass is 16.6. The van der Waals surface area contributed by atoms with E-state index in [4.69, 9.17) is 14.2 Å². The minimum absolute atomic E-state index is 0.0835. The number of esters is 1. The fourth-order valence-corrected chi connectivity index (χ4v) is 2.97. The molecule has 1 aliphatic rings. The molecule has 4 atom stereocenters. The molecule has 0 bridgehead atoms. The molecule has 0 aromatic carbocycles. The van der Waals surface area contributed by atoms with Crippen molar-refractivity contribution in [3.05, 3.63) is 33.1 Å². The van der Waals surface area contributed by atoms with E-state index in [1.165, 1.54) is 6.20 Å². The molecule has 1 aromatic heterocycles. The predicted molar refractivity (Wildman–Crippen MR) is 105 cm³/mol. The van der Waals surface area contributed by atoms with Gasteiger partial charge in [0.05, 0.1) is 6.61 Å². The lowest BCUT2D eigenvalue weighted by atomic mass is 10.0. The maximum absolute atomic E-state index is 12.7. The van der Waals surface area contributed by atoms with E-state index in [1.54, 1.807) is 34.6 Å². The topological polar surface area (TPSA) is 149 Å². The third-order valence-electron chi connectivity index (χ3n) is 4.38. The van der Waals surface area contributed by atoms with Crippen molar-refractivity contribution in [2.24, 2.45) is 5.92 Å². The van der Waals surface area contributed by atoms with Gasteiger partial charge in [-0.2, -0.15) is 0 Å². The summed E-state index contributed by atoms with van der Waals surface area (Å²) in [7, 11) is 0. The van der Waals surface area contributed by atoms with Crippen LogP contribution in [-0.4, -0.2) is 57.2 Å². The summed E-state index contributed by atoms with van der Waals surface area (Å²) in [6, 6.07) is 0.187. The molecular formula is C19H29N3O8. The lowest BCUT2D eigenvalue weighted by Gasteiger charge is -2.26. The Kier molecular flexibility index (Phi) is 7.43. The van der Waals surface area contributed by atoms with Crippen molar-refractivity contribution >= 4 is 12.1 Å². The first-order chi connectivity index (χ1) is 13.9. The molecule has 1 aliphatic heterocycles. The average Bonchev–Trinajstić information content (AvgIpc) is 3.00. The minimum Gasteiger partial charge on any atom is -0.458 e. The van der Waals surface area contributed by atoms with Crippen LogP contribution in [0.3, 0.4) is 0 Å². The SMILES string of the molecule is CC(C)[C@@H](NC(=O)OC(C)(C)C)C(=O)OC1C[C@H](n2ccc(=O)[nH]c2=O)O[C@@H]1CO. The van der Waals surface area contributed by atoms with Crippen LogP contribution in [0, 0.1) is 5.92 Å². The molecule has 0 aliphatic carbocycles. The molecule has 0 saturated carbocycles. The zero-order chi connectivity index (χ0) is 22.6. The van der Waals surface area contributed by atoms with E-state index in [9.17, 15) is 24.3 Å². The summed E-state index contributed by atoms with van der Waals surface area (Å²) in [4.78, 5) is 50.1. The second kappa shape index (κ2) is 9.43. The van der Waals surface area contributed by atoms with Crippen molar-refractivity contribution in [3.8, 4) is 0 Å². The van der Waals surface area contributed by atoms with Crippen LogP contribution in [0.15, 0.2) is 21.9 Å². The number of amides is 1. The molecule has 11 nitrogen and oxygen atoms in total. The fourth-order valence-electron chi connectivity index (χ4n) is 2.97. The van der Waals surface area contributed by atoms with E-state index < -0.39 is 60.0 Å². The van der Waals surface area contributed by atoms with Gasteiger partial charge < -0.3 is 24.6 Å². The Labute approximate surface area is 173 Å². The molecule has 1 saturated heterocycles. The lowest BCUT2D eigenvalue weighted by molar-refractivity contribution is -0.156. The van der Waals surface area contributed by atoms with Crippen molar-refractivity contribution in [3.63, 3.8) is 0 Å². The van der Waals surface area contributed by atoms with E-state index in [1.807, 2.05) is 0 Å². The van der Waals surface area contributed by atoms with Gasteiger partial charge in [-0.15, -0.1) is 0 Å². The number of aliphatic hydroxyl groups is 1. The first-order valence-electron chi connectivity index (χ1n) is 9.69. The number of ether oxygens (including phenoxy) is 3. The largest absolute Gasteiger partial charge is 0.458 e. The van der Waals surface area contributed by atoms with Gasteiger partial charge >= 0.3 is 17.8 Å². The summed E-state index contributed by atoms with van der Waals surface area (Å²) in [5, 5.41) is 12.1. The Hall–Kier alpha value is -2.66. The minimum atomic E-state index is -0.978. The highest BCUT2D eigenvalue weighted by Gasteiger charge is 2.40. The van der Waals surface area contributed by atoms with Crippen molar-refractivity contribution in [1.29, 1.82) is 0 Å². The van der Waals surface area contributed by atoms with E-state index in [-0.39, 0.29) is 12.3 Å². The Bertz CT molecular complexity index is 870. The van der Waals surface area contributed by atoms with Crippen LogP contribution in [0.25, 0.3) is 0 Å². The number of nitrogens with one attached hydrogen (secondary N) is 2. The molecule has 1 unspecified atom stereocenters. The molecule has 30 heavy (non-hydrogen) atoms.